The largest absolute Gasteiger partial charge is 0.351 e. The first-order valence-electron chi connectivity index (χ1n) is 10.6. The fourth-order valence-corrected chi connectivity index (χ4v) is 3.62. The molecule has 2 amide bonds. The normalized spacial score (nSPS) is 12.5. The molecule has 4 nitrogen and oxygen atoms in total. The van der Waals surface area contributed by atoms with Gasteiger partial charge in [-0.15, -0.1) is 6.42 Å². The minimum atomic E-state index is -0.474. The lowest BCUT2D eigenvalue weighted by Crippen LogP contribution is -2.32. The van der Waals surface area contributed by atoms with E-state index in [2.05, 4.69) is 49.1 Å². The number of terminal acetylenes is 1. The number of hydrogen-bond acceptors (Lipinski definition) is 2. The van der Waals surface area contributed by atoms with Crippen LogP contribution in [0.15, 0.2) is 78.9 Å². The van der Waals surface area contributed by atoms with Crippen LogP contribution >= 0.6 is 0 Å². The van der Waals surface area contributed by atoms with Crippen LogP contribution in [0.2, 0.25) is 0 Å². The molecule has 1 atom stereocenters. The number of hydrogen-bond donors (Lipinski definition) is 1. The van der Waals surface area contributed by atoms with E-state index in [1.807, 2.05) is 66.7 Å². The van der Waals surface area contributed by atoms with Gasteiger partial charge in [-0.1, -0.05) is 84.8 Å². The molecule has 0 spiro atoms. The summed E-state index contributed by atoms with van der Waals surface area (Å²) in [5.74, 6) is 2.66. The second kappa shape index (κ2) is 11.0. The molecule has 3 aromatic rings. The molecule has 3 aromatic carbocycles. The minimum Gasteiger partial charge on any atom is -0.351 e. The Hall–Kier alpha value is -3.81. The smallest absolute Gasteiger partial charge is 0.323 e. The SMILES string of the molecule is C#CCN(C)[C@H](C)Cc1ccccc1.NC(=O)N1c2ccccc2C=Cc2ccccc21. The van der Waals surface area contributed by atoms with E-state index in [-0.39, 0.29) is 0 Å². The quantitative estimate of drug-likeness (QED) is 0.558. The van der Waals surface area contributed by atoms with Gasteiger partial charge in [0, 0.05) is 6.04 Å². The Bertz CT molecular complexity index is 1070. The molecule has 0 aliphatic carbocycles. The minimum absolute atomic E-state index is 0.474. The molecule has 32 heavy (non-hydrogen) atoms. The van der Waals surface area contributed by atoms with Gasteiger partial charge in [0.1, 0.15) is 0 Å². The number of rotatable bonds is 4. The molecule has 1 heterocycles. The first kappa shape index (κ1) is 22.9. The van der Waals surface area contributed by atoms with Gasteiger partial charge in [-0.2, -0.15) is 0 Å². The Morgan fingerprint density at radius 2 is 1.44 bits per heavy atom. The number of primary amides is 1. The van der Waals surface area contributed by atoms with Crippen LogP contribution in [0.25, 0.3) is 12.2 Å². The Balaban J connectivity index is 0.000000188. The van der Waals surface area contributed by atoms with Gasteiger partial charge < -0.3 is 5.73 Å². The van der Waals surface area contributed by atoms with Crippen LogP contribution in [0.3, 0.4) is 0 Å². The highest BCUT2D eigenvalue weighted by atomic mass is 16.2. The molecular formula is C28H29N3O. The van der Waals surface area contributed by atoms with Crippen LogP contribution in [0.1, 0.15) is 23.6 Å². The third kappa shape index (κ3) is 5.66. The van der Waals surface area contributed by atoms with Crippen molar-refractivity contribution in [1.82, 2.24) is 4.90 Å². The van der Waals surface area contributed by atoms with Gasteiger partial charge >= 0.3 is 6.03 Å². The summed E-state index contributed by atoms with van der Waals surface area (Å²) in [6.45, 7) is 2.92. The van der Waals surface area contributed by atoms with Gasteiger partial charge in [0.25, 0.3) is 0 Å². The molecule has 0 aromatic heterocycles. The van der Waals surface area contributed by atoms with Crippen LogP contribution in [-0.4, -0.2) is 30.6 Å². The van der Waals surface area contributed by atoms with Crippen molar-refractivity contribution in [3.8, 4) is 12.3 Å². The van der Waals surface area contributed by atoms with E-state index in [1.54, 1.807) is 4.90 Å². The van der Waals surface area contributed by atoms with E-state index in [9.17, 15) is 4.79 Å². The first-order chi connectivity index (χ1) is 15.5. The number of nitrogens with zero attached hydrogens (tertiary/aromatic N) is 2. The van der Waals surface area contributed by atoms with Crippen LogP contribution < -0.4 is 10.6 Å². The monoisotopic (exact) mass is 423 g/mol. The maximum Gasteiger partial charge on any atom is 0.323 e. The number of nitrogens with two attached hydrogens (primary N) is 1. The standard InChI is InChI=1S/C15H12N2O.C13H17N/c16-15(18)17-13-7-3-1-5-11(13)9-10-12-6-2-4-8-14(12)17;1-4-10-14(3)12(2)11-13-8-6-5-7-9-13/h1-10H,(H2,16,18);1,5-9,12H,10-11H2,2-3H3/t;12-/m.1/s1. The predicted octanol–water partition coefficient (Wildman–Crippen LogP) is 5.57. The van der Waals surface area contributed by atoms with Crippen LogP contribution in [0.5, 0.6) is 0 Å². The lowest BCUT2D eigenvalue weighted by atomic mass is 10.1. The van der Waals surface area contributed by atoms with Crippen molar-refractivity contribution < 1.29 is 4.79 Å². The number of carbonyl (C=O) groups is 1. The predicted molar refractivity (Wildman–Crippen MR) is 135 cm³/mol. The zero-order valence-corrected chi connectivity index (χ0v) is 18.6. The molecule has 4 heteroatoms. The summed E-state index contributed by atoms with van der Waals surface area (Å²) in [6, 6.07) is 25.9. The fourth-order valence-electron chi connectivity index (χ4n) is 3.62. The highest BCUT2D eigenvalue weighted by molar-refractivity contribution is 6.04. The maximum absolute atomic E-state index is 11.8. The topological polar surface area (TPSA) is 49.6 Å². The van der Waals surface area contributed by atoms with E-state index in [0.29, 0.717) is 12.6 Å². The molecule has 0 bridgehead atoms. The van der Waals surface area contributed by atoms with Crippen LogP contribution in [-0.2, 0) is 6.42 Å². The van der Waals surface area contributed by atoms with Crippen molar-refractivity contribution >= 4 is 29.6 Å². The Morgan fingerprint density at radius 3 is 1.94 bits per heavy atom. The molecular weight excluding hydrogens is 394 g/mol. The van der Waals surface area contributed by atoms with Gasteiger partial charge in [-0.25, -0.2) is 4.79 Å². The van der Waals surface area contributed by atoms with Gasteiger partial charge in [0.05, 0.1) is 17.9 Å². The first-order valence-corrected chi connectivity index (χ1v) is 10.6. The molecule has 162 valence electrons. The molecule has 4 rings (SSSR count). The Kier molecular flexibility index (Phi) is 7.85. The molecule has 0 radical (unpaired) electrons. The Labute approximate surface area is 191 Å². The lowest BCUT2D eigenvalue weighted by Gasteiger charge is -2.22. The molecule has 0 fully saturated rings. The molecule has 0 saturated carbocycles. The zero-order chi connectivity index (χ0) is 22.9. The van der Waals surface area contributed by atoms with Crippen molar-refractivity contribution in [3.05, 3.63) is 95.6 Å². The average Bonchev–Trinajstić information content (AvgIpc) is 2.97. The Morgan fingerprint density at radius 1 is 0.938 bits per heavy atom. The third-order valence-corrected chi connectivity index (χ3v) is 5.49. The summed E-state index contributed by atoms with van der Waals surface area (Å²) in [6.07, 6.45) is 10.3. The van der Waals surface area contributed by atoms with Crippen molar-refractivity contribution in [1.29, 1.82) is 0 Å². The highest BCUT2D eigenvalue weighted by Crippen LogP contribution is 2.35. The van der Waals surface area contributed by atoms with Crippen LogP contribution in [0, 0.1) is 12.3 Å². The van der Waals surface area contributed by atoms with Crippen molar-refractivity contribution in [2.24, 2.45) is 5.73 Å². The van der Waals surface area contributed by atoms with Gasteiger partial charge in [0.15, 0.2) is 0 Å². The number of urea groups is 1. The second-order valence-corrected chi connectivity index (χ2v) is 7.78. The number of likely N-dealkylation sites (N-methyl/N-ethyl adjacent to an activating group) is 1. The maximum atomic E-state index is 11.8. The number of para-hydroxylation sites is 2. The van der Waals surface area contributed by atoms with Gasteiger partial charge in [0.2, 0.25) is 0 Å². The summed E-state index contributed by atoms with van der Waals surface area (Å²) in [5.41, 5.74) is 10.5. The number of amides is 2. The summed E-state index contributed by atoms with van der Waals surface area (Å²) in [5, 5.41) is 0. The van der Waals surface area contributed by atoms with E-state index >= 15 is 0 Å². The summed E-state index contributed by atoms with van der Waals surface area (Å²) >= 11 is 0. The molecule has 0 unspecified atom stereocenters. The molecule has 1 aliphatic rings. The second-order valence-electron chi connectivity index (χ2n) is 7.78. The third-order valence-electron chi connectivity index (χ3n) is 5.49. The van der Waals surface area contributed by atoms with Crippen molar-refractivity contribution in [3.63, 3.8) is 0 Å². The molecule has 2 N–H and O–H groups in total. The highest BCUT2D eigenvalue weighted by Gasteiger charge is 2.21. The summed E-state index contributed by atoms with van der Waals surface area (Å²) in [4.78, 5) is 15.5. The number of carbonyl (C=O) groups excluding carboxylic acids is 1. The number of fused-ring (bicyclic) bond motifs is 2. The van der Waals surface area contributed by atoms with Crippen molar-refractivity contribution in [2.75, 3.05) is 18.5 Å². The molecule has 0 saturated heterocycles. The number of anilines is 2. The lowest BCUT2D eigenvalue weighted by molar-refractivity contribution is 0.256. The zero-order valence-electron chi connectivity index (χ0n) is 18.6. The van der Waals surface area contributed by atoms with E-state index in [4.69, 9.17) is 12.2 Å². The fraction of sp³-hybridized carbons (Fsp3) is 0.179. The number of benzene rings is 3. The van der Waals surface area contributed by atoms with Crippen molar-refractivity contribution in [2.45, 2.75) is 19.4 Å². The van der Waals surface area contributed by atoms with E-state index in [0.717, 1.165) is 28.9 Å². The molecule has 1 aliphatic heterocycles. The van der Waals surface area contributed by atoms with E-state index in [1.165, 1.54) is 5.56 Å². The summed E-state index contributed by atoms with van der Waals surface area (Å²) in [7, 11) is 2.06. The van der Waals surface area contributed by atoms with Crippen LogP contribution in [0.4, 0.5) is 16.2 Å². The van der Waals surface area contributed by atoms with Gasteiger partial charge in [-0.3, -0.25) is 9.80 Å². The average molecular weight is 424 g/mol. The van der Waals surface area contributed by atoms with Gasteiger partial charge in [-0.05, 0) is 49.2 Å². The van der Waals surface area contributed by atoms with E-state index < -0.39 is 6.03 Å². The summed E-state index contributed by atoms with van der Waals surface area (Å²) < 4.78 is 0.